The number of rotatable bonds is 1. The van der Waals surface area contributed by atoms with Crippen molar-refractivity contribution in [3.8, 4) is 0 Å². The minimum atomic E-state index is -0.1000. The van der Waals surface area contributed by atoms with Crippen LogP contribution in [-0.2, 0) is 9.53 Å². The molecule has 0 amide bonds. The lowest BCUT2D eigenvalue weighted by Gasteiger charge is -2.29. The van der Waals surface area contributed by atoms with Gasteiger partial charge in [-0.3, -0.25) is 4.79 Å². The van der Waals surface area contributed by atoms with Gasteiger partial charge in [0.15, 0.2) is 0 Å². The van der Waals surface area contributed by atoms with Crippen molar-refractivity contribution in [2.24, 2.45) is 17.6 Å². The maximum Gasteiger partial charge on any atom is 0.308 e. The van der Waals surface area contributed by atoms with Crippen LogP contribution in [-0.4, -0.2) is 19.1 Å². The number of methoxy groups -OCH3 is 1. The van der Waals surface area contributed by atoms with E-state index >= 15 is 0 Å². The predicted octanol–water partition coefficient (Wildman–Crippen LogP) is 0.923. The number of carbonyl (C=O) groups excluding carboxylic acids is 1. The highest BCUT2D eigenvalue weighted by atomic mass is 16.5. The topological polar surface area (TPSA) is 52.3 Å². The second kappa shape index (κ2) is 3.90. The molecule has 0 saturated heterocycles. The van der Waals surface area contributed by atoms with Crippen LogP contribution in [0.15, 0.2) is 0 Å². The maximum atomic E-state index is 11.2. The summed E-state index contributed by atoms with van der Waals surface area (Å²) in [6, 6.07) is 0.179. The molecule has 0 aromatic carbocycles. The molecule has 1 aliphatic carbocycles. The van der Waals surface area contributed by atoms with Crippen molar-refractivity contribution >= 4 is 5.97 Å². The molecule has 0 aromatic heterocycles. The zero-order valence-electron chi connectivity index (χ0n) is 7.75. The Kier molecular flexibility index (Phi) is 3.09. The van der Waals surface area contributed by atoms with Crippen LogP contribution >= 0.6 is 0 Å². The number of esters is 1. The van der Waals surface area contributed by atoms with Gasteiger partial charge >= 0.3 is 5.97 Å². The monoisotopic (exact) mass is 171 g/mol. The first kappa shape index (κ1) is 9.52. The molecule has 0 spiro atoms. The van der Waals surface area contributed by atoms with Gasteiger partial charge in [0.1, 0.15) is 0 Å². The summed E-state index contributed by atoms with van der Waals surface area (Å²) in [7, 11) is 1.44. The fourth-order valence-electron chi connectivity index (χ4n) is 2.02. The Bertz CT molecular complexity index is 160. The lowest BCUT2D eigenvalue weighted by Crippen LogP contribution is -2.35. The highest BCUT2D eigenvalue weighted by molar-refractivity contribution is 5.72. The molecular formula is C9H17NO2. The minimum absolute atomic E-state index is 0.0359. The molecule has 1 aliphatic rings. The van der Waals surface area contributed by atoms with Gasteiger partial charge in [0.25, 0.3) is 0 Å². The normalized spacial score (nSPS) is 36.1. The fraction of sp³-hybridized carbons (Fsp3) is 0.889. The summed E-state index contributed by atoms with van der Waals surface area (Å²) in [6.45, 7) is 2.13. The van der Waals surface area contributed by atoms with E-state index in [1.807, 2.05) is 0 Å². The number of nitrogens with two attached hydrogens (primary N) is 1. The Morgan fingerprint density at radius 1 is 1.42 bits per heavy atom. The van der Waals surface area contributed by atoms with E-state index in [1.165, 1.54) is 7.11 Å². The Hall–Kier alpha value is -0.570. The van der Waals surface area contributed by atoms with E-state index < -0.39 is 0 Å². The lowest BCUT2D eigenvalue weighted by molar-refractivity contribution is -0.147. The van der Waals surface area contributed by atoms with Gasteiger partial charge in [-0.25, -0.2) is 0 Å². The molecular weight excluding hydrogens is 154 g/mol. The quantitative estimate of drug-likeness (QED) is 0.597. The maximum absolute atomic E-state index is 11.2. The molecule has 3 nitrogen and oxygen atoms in total. The van der Waals surface area contributed by atoms with Crippen molar-refractivity contribution in [1.29, 1.82) is 0 Å². The van der Waals surface area contributed by atoms with Crippen molar-refractivity contribution in [1.82, 2.24) is 0 Å². The molecule has 0 aromatic rings. The van der Waals surface area contributed by atoms with Crippen LogP contribution in [0, 0.1) is 11.8 Å². The molecule has 1 saturated carbocycles. The van der Waals surface area contributed by atoms with Crippen molar-refractivity contribution < 1.29 is 9.53 Å². The molecule has 12 heavy (non-hydrogen) atoms. The third-order valence-electron chi connectivity index (χ3n) is 2.51. The zero-order chi connectivity index (χ0) is 9.14. The molecule has 0 radical (unpaired) electrons. The molecule has 0 heterocycles. The molecule has 3 atom stereocenters. The van der Waals surface area contributed by atoms with Crippen molar-refractivity contribution in [2.45, 2.75) is 32.2 Å². The van der Waals surface area contributed by atoms with Crippen molar-refractivity contribution in [3.63, 3.8) is 0 Å². The molecule has 1 fully saturated rings. The summed E-state index contributed by atoms with van der Waals surface area (Å²) in [5.41, 5.74) is 5.80. The van der Waals surface area contributed by atoms with Gasteiger partial charge in [0, 0.05) is 6.04 Å². The summed E-state index contributed by atoms with van der Waals surface area (Å²) in [6.07, 6.45) is 2.75. The van der Waals surface area contributed by atoms with E-state index in [2.05, 4.69) is 6.92 Å². The highest BCUT2D eigenvalue weighted by Crippen LogP contribution is 2.28. The van der Waals surface area contributed by atoms with E-state index in [1.54, 1.807) is 0 Å². The Morgan fingerprint density at radius 3 is 2.58 bits per heavy atom. The Morgan fingerprint density at radius 2 is 2.08 bits per heavy atom. The van der Waals surface area contributed by atoms with Gasteiger partial charge in [0.2, 0.25) is 0 Å². The third-order valence-corrected chi connectivity index (χ3v) is 2.51. The Balaban J connectivity index is 2.49. The average Bonchev–Trinajstić information content (AvgIpc) is 2.01. The van der Waals surface area contributed by atoms with E-state index in [-0.39, 0.29) is 17.9 Å². The average molecular weight is 171 g/mol. The van der Waals surface area contributed by atoms with Crippen LogP contribution in [0.3, 0.4) is 0 Å². The van der Waals surface area contributed by atoms with Crippen LogP contribution in [0.1, 0.15) is 26.2 Å². The van der Waals surface area contributed by atoms with Crippen LogP contribution in [0.25, 0.3) is 0 Å². The summed E-state index contributed by atoms with van der Waals surface area (Å²) in [5.74, 6) is 0.489. The van der Waals surface area contributed by atoms with Crippen LogP contribution in [0.2, 0.25) is 0 Å². The zero-order valence-corrected chi connectivity index (χ0v) is 7.75. The summed E-state index contributed by atoms with van der Waals surface area (Å²) < 4.78 is 4.69. The van der Waals surface area contributed by atoms with Gasteiger partial charge in [-0.05, 0) is 25.2 Å². The Labute approximate surface area is 73.3 Å². The van der Waals surface area contributed by atoms with Crippen LogP contribution in [0.5, 0.6) is 0 Å². The summed E-state index contributed by atoms with van der Waals surface area (Å²) in [5, 5.41) is 0. The SMILES string of the molecule is COC(=O)[C@@H]1C[C@H](C)C[C@@H](N)C1. The second-order valence-corrected chi connectivity index (χ2v) is 3.79. The van der Waals surface area contributed by atoms with Crippen LogP contribution in [0.4, 0.5) is 0 Å². The number of carbonyl (C=O) groups is 1. The van der Waals surface area contributed by atoms with E-state index in [9.17, 15) is 4.79 Å². The van der Waals surface area contributed by atoms with Gasteiger partial charge in [-0.2, -0.15) is 0 Å². The number of hydrogen-bond donors (Lipinski definition) is 1. The van der Waals surface area contributed by atoms with Gasteiger partial charge in [0.05, 0.1) is 13.0 Å². The van der Waals surface area contributed by atoms with E-state index in [4.69, 9.17) is 10.5 Å². The van der Waals surface area contributed by atoms with Crippen molar-refractivity contribution in [3.05, 3.63) is 0 Å². The highest BCUT2D eigenvalue weighted by Gasteiger charge is 2.29. The van der Waals surface area contributed by atoms with E-state index in [0.717, 1.165) is 19.3 Å². The standard InChI is InChI=1S/C9H17NO2/c1-6-3-7(9(11)12-2)5-8(10)4-6/h6-8H,3-5,10H2,1-2H3/t6-,7+,8+/m0/s1. The molecule has 2 N–H and O–H groups in total. The molecule has 3 heteroatoms. The summed E-state index contributed by atoms with van der Waals surface area (Å²) in [4.78, 5) is 11.2. The van der Waals surface area contributed by atoms with Gasteiger partial charge < -0.3 is 10.5 Å². The molecule has 0 unspecified atom stereocenters. The van der Waals surface area contributed by atoms with Gasteiger partial charge in [-0.1, -0.05) is 6.92 Å². The second-order valence-electron chi connectivity index (χ2n) is 3.79. The smallest absolute Gasteiger partial charge is 0.308 e. The predicted molar refractivity (Wildman–Crippen MR) is 46.5 cm³/mol. The number of ether oxygens (including phenoxy) is 1. The first-order valence-electron chi connectivity index (χ1n) is 4.47. The first-order valence-corrected chi connectivity index (χ1v) is 4.47. The minimum Gasteiger partial charge on any atom is -0.469 e. The van der Waals surface area contributed by atoms with Gasteiger partial charge in [-0.15, -0.1) is 0 Å². The fourth-order valence-corrected chi connectivity index (χ4v) is 2.02. The van der Waals surface area contributed by atoms with Crippen molar-refractivity contribution in [2.75, 3.05) is 7.11 Å². The van der Waals surface area contributed by atoms with E-state index in [0.29, 0.717) is 5.92 Å². The summed E-state index contributed by atoms with van der Waals surface area (Å²) >= 11 is 0. The largest absolute Gasteiger partial charge is 0.469 e. The first-order chi connectivity index (χ1) is 5.63. The van der Waals surface area contributed by atoms with Crippen LogP contribution < -0.4 is 5.73 Å². The number of hydrogen-bond acceptors (Lipinski definition) is 3. The molecule has 1 rings (SSSR count). The molecule has 0 aliphatic heterocycles. The lowest BCUT2D eigenvalue weighted by atomic mass is 9.80. The molecule has 70 valence electrons. The molecule has 0 bridgehead atoms. The third kappa shape index (κ3) is 2.21.